The molecule has 4 nitrogen and oxygen atoms in total. The smallest absolute Gasteiger partial charge is 0.320 e. The number of carboxylic acid groups (broad SMARTS) is 1. The van der Waals surface area contributed by atoms with Crippen LogP contribution in [0.4, 0.5) is 0 Å². The average molecular weight is 145 g/mol. The molecule has 0 bridgehead atoms. The molecule has 4 N–H and O–H groups in total. The lowest BCUT2D eigenvalue weighted by molar-refractivity contribution is -0.138. The highest BCUT2D eigenvalue weighted by molar-refractivity contribution is 5.73. The van der Waals surface area contributed by atoms with E-state index in [4.69, 9.17) is 15.9 Å². The number of hydrogen-bond acceptors (Lipinski definition) is 3. The lowest BCUT2D eigenvalue weighted by atomic mass is 10.2. The molecule has 0 fully saturated rings. The van der Waals surface area contributed by atoms with Gasteiger partial charge in [0.05, 0.1) is 6.61 Å². The van der Waals surface area contributed by atoms with Gasteiger partial charge >= 0.3 is 5.97 Å². The molecular formula is C6H11NO3. The Morgan fingerprint density at radius 1 is 1.60 bits per heavy atom. The van der Waals surface area contributed by atoms with Gasteiger partial charge in [0.25, 0.3) is 0 Å². The van der Waals surface area contributed by atoms with E-state index in [0.717, 1.165) is 0 Å². The van der Waals surface area contributed by atoms with Crippen LogP contribution >= 0.6 is 0 Å². The Morgan fingerprint density at radius 2 is 2.20 bits per heavy atom. The van der Waals surface area contributed by atoms with Gasteiger partial charge in [0.1, 0.15) is 6.04 Å². The Morgan fingerprint density at radius 3 is 2.60 bits per heavy atom. The molecular weight excluding hydrogens is 134 g/mol. The van der Waals surface area contributed by atoms with Crippen LogP contribution in [-0.2, 0) is 4.79 Å². The molecule has 0 radical (unpaired) electrons. The minimum Gasteiger partial charge on any atom is -0.480 e. The standard InChI is InChI=1S/C6H11NO3/c7-5(6(9)10)3-1-2-4-8/h1-2,5,8H,3-4,7H2,(H,9,10)/b2-1+. The highest BCUT2D eigenvalue weighted by atomic mass is 16.4. The largest absolute Gasteiger partial charge is 0.480 e. The van der Waals surface area contributed by atoms with Crippen molar-refractivity contribution in [3.63, 3.8) is 0 Å². The van der Waals surface area contributed by atoms with E-state index in [9.17, 15) is 4.79 Å². The van der Waals surface area contributed by atoms with E-state index in [1.54, 1.807) is 6.08 Å². The molecule has 0 rings (SSSR count). The third-order valence-electron chi connectivity index (χ3n) is 0.979. The molecule has 0 aromatic heterocycles. The first-order chi connectivity index (χ1) is 4.68. The summed E-state index contributed by atoms with van der Waals surface area (Å²) in [6, 6.07) is -0.859. The maximum Gasteiger partial charge on any atom is 0.320 e. The highest BCUT2D eigenvalue weighted by Crippen LogP contribution is 1.88. The fourth-order valence-corrected chi connectivity index (χ4v) is 0.418. The number of carbonyl (C=O) groups is 1. The number of rotatable bonds is 4. The Labute approximate surface area is 59.0 Å². The number of nitrogens with two attached hydrogens (primary N) is 1. The predicted octanol–water partition coefficient (Wildman–Crippen LogP) is -0.663. The van der Waals surface area contributed by atoms with Crippen LogP contribution < -0.4 is 5.73 Å². The topological polar surface area (TPSA) is 83.5 Å². The molecule has 4 heteroatoms. The van der Waals surface area contributed by atoms with E-state index in [1.165, 1.54) is 6.08 Å². The van der Waals surface area contributed by atoms with Gasteiger partial charge in [-0.1, -0.05) is 12.2 Å². The monoisotopic (exact) mass is 145 g/mol. The summed E-state index contributed by atoms with van der Waals surface area (Å²) in [6.07, 6.45) is 3.26. The number of carboxylic acids is 1. The second-order valence-electron chi connectivity index (χ2n) is 1.83. The zero-order valence-corrected chi connectivity index (χ0v) is 5.53. The van der Waals surface area contributed by atoms with Crippen LogP contribution in [0.15, 0.2) is 12.2 Å². The van der Waals surface area contributed by atoms with E-state index in [0.29, 0.717) is 0 Å². The van der Waals surface area contributed by atoms with Crippen molar-refractivity contribution in [2.24, 2.45) is 5.73 Å². The molecule has 0 aromatic rings. The summed E-state index contributed by atoms with van der Waals surface area (Å²) >= 11 is 0. The SMILES string of the molecule is NC(C/C=C/CO)C(=O)O. The average Bonchev–Trinajstić information content (AvgIpc) is 1.88. The summed E-state index contributed by atoms with van der Waals surface area (Å²) < 4.78 is 0. The van der Waals surface area contributed by atoms with Crippen LogP contribution in [0.3, 0.4) is 0 Å². The summed E-state index contributed by atoms with van der Waals surface area (Å²) in [5.41, 5.74) is 5.12. The molecule has 10 heavy (non-hydrogen) atoms. The van der Waals surface area contributed by atoms with Crippen molar-refractivity contribution in [3.8, 4) is 0 Å². The van der Waals surface area contributed by atoms with E-state index in [-0.39, 0.29) is 13.0 Å². The van der Waals surface area contributed by atoms with Crippen molar-refractivity contribution in [1.29, 1.82) is 0 Å². The lowest BCUT2D eigenvalue weighted by Crippen LogP contribution is -2.29. The Bertz CT molecular complexity index is 133. The minimum atomic E-state index is -1.03. The third-order valence-corrected chi connectivity index (χ3v) is 0.979. The third kappa shape index (κ3) is 4.05. The van der Waals surface area contributed by atoms with Crippen molar-refractivity contribution in [3.05, 3.63) is 12.2 Å². The van der Waals surface area contributed by atoms with Crippen molar-refractivity contribution >= 4 is 5.97 Å². The molecule has 0 aromatic carbocycles. The molecule has 0 aliphatic carbocycles. The van der Waals surface area contributed by atoms with Crippen LogP contribution in [0, 0.1) is 0 Å². The predicted molar refractivity (Wildman–Crippen MR) is 36.5 cm³/mol. The van der Waals surface area contributed by atoms with Gasteiger partial charge in [-0.3, -0.25) is 4.79 Å². The molecule has 1 unspecified atom stereocenters. The normalized spacial score (nSPS) is 13.8. The van der Waals surface area contributed by atoms with Crippen molar-refractivity contribution < 1.29 is 15.0 Å². The van der Waals surface area contributed by atoms with Gasteiger partial charge < -0.3 is 15.9 Å². The number of aliphatic carboxylic acids is 1. The summed E-state index contributed by atoms with van der Waals surface area (Å²) in [6.45, 7) is -0.0770. The van der Waals surface area contributed by atoms with Gasteiger partial charge in [-0.15, -0.1) is 0 Å². The lowest BCUT2D eigenvalue weighted by Gasteiger charge is -1.99. The molecule has 1 atom stereocenters. The zero-order valence-electron chi connectivity index (χ0n) is 5.53. The van der Waals surface area contributed by atoms with Gasteiger partial charge in [-0.05, 0) is 6.42 Å². The summed E-state index contributed by atoms with van der Waals surface area (Å²) in [5, 5.41) is 16.5. The van der Waals surface area contributed by atoms with Crippen LogP contribution in [0.1, 0.15) is 6.42 Å². The number of aliphatic hydroxyl groups excluding tert-OH is 1. The van der Waals surface area contributed by atoms with Crippen molar-refractivity contribution in [2.75, 3.05) is 6.61 Å². The number of aliphatic hydroxyl groups is 1. The summed E-state index contributed by atoms with van der Waals surface area (Å²) in [7, 11) is 0. The molecule has 0 aliphatic rings. The molecule has 0 saturated carbocycles. The van der Waals surface area contributed by atoms with Crippen LogP contribution in [0.2, 0.25) is 0 Å². The highest BCUT2D eigenvalue weighted by Gasteiger charge is 2.07. The first-order valence-electron chi connectivity index (χ1n) is 2.92. The van der Waals surface area contributed by atoms with Gasteiger partial charge in [-0.25, -0.2) is 0 Å². The van der Waals surface area contributed by atoms with Crippen LogP contribution in [0.5, 0.6) is 0 Å². The van der Waals surface area contributed by atoms with Gasteiger partial charge in [0.2, 0.25) is 0 Å². The van der Waals surface area contributed by atoms with Crippen LogP contribution in [0.25, 0.3) is 0 Å². The summed E-state index contributed by atoms with van der Waals surface area (Å²) in [5.74, 6) is -1.03. The van der Waals surface area contributed by atoms with E-state index in [2.05, 4.69) is 0 Å². The maximum absolute atomic E-state index is 10.1. The fourth-order valence-electron chi connectivity index (χ4n) is 0.418. The Kier molecular flexibility index (Phi) is 4.53. The van der Waals surface area contributed by atoms with Crippen molar-refractivity contribution in [1.82, 2.24) is 0 Å². The fraction of sp³-hybridized carbons (Fsp3) is 0.500. The maximum atomic E-state index is 10.1. The second-order valence-corrected chi connectivity index (χ2v) is 1.83. The Hall–Kier alpha value is -0.870. The van der Waals surface area contributed by atoms with Gasteiger partial charge in [0, 0.05) is 0 Å². The minimum absolute atomic E-state index is 0.0770. The van der Waals surface area contributed by atoms with Gasteiger partial charge in [0.15, 0.2) is 0 Å². The van der Waals surface area contributed by atoms with E-state index in [1.807, 2.05) is 0 Å². The molecule has 0 saturated heterocycles. The van der Waals surface area contributed by atoms with E-state index >= 15 is 0 Å². The van der Waals surface area contributed by atoms with E-state index < -0.39 is 12.0 Å². The first-order valence-corrected chi connectivity index (χ1v) is 2.92. The summed E-state index contributed by atoms with van der Waals surface area (Å²) in [4.78, 5) is 10.1. The molecule has 0 amide bonds. The van der Waals surface area contributed by atoms with Crippen molar-refractivity contribution in [2.45, 2.75) is 12.5 Å². The zero-order chi connectivity index (χ0) is 7.98. The van der Waals surface area contributed by atoms with Crippen LogP contribution in [-0.4, -0.2) is 28.8 Å². The second kappa shape index (κ2) is 4.96. The number of hydrogen-bond donors (Lipinski definition) is 3. The quantitative estimate of drug-likeness (QED) is 0.458. The first kappa shape index (κ1) is 9.13. The molecule has 0 spiro atoms. The van der Waals surface area contributed by atoms with Gasteiger partial charge in [-0.2, -0.15) is 0 Å². The molecule has 0 aliphatic heterocycles. The Balaban J connectivity index is 3.48. The molecule has 58 valence electrons. The molecule has 0 heterocycles.